The van der Waals surface area contributed by atoms with Crippen LogP contribution in [0.5, 0.6) is 0 Å². The summed E-state index contributed by atoms with van der Waals surface area (Å²) >= 11 is 6.29. The van der Waals surface area contributed by atoms with Gasteiger partial charge in [-0.2, -0.15) is 0 Å². The highest BCUT2D eigenvalue weighted by Crippen LogP contribution is 2.26. The number of aromatic amines is 1. The van der Waals surface area contributed by atoms with Gasteiger partial charge in [-0.05, 0) is 19.9 Å². The lowest BCUT2D eigenvalue weighted by Crippen LogP contribution is -2.35. The highest BCUT2D eigenvalue weighted by molar-refractivity contribution is 6.36. The van der Waals surface area contributed by atoms with Crippen LogP contribution in [-0.4, -0.2) is 23.6 Å². The molecular weight excluding hydrogens is 264 g/mol. The normalized spacial score (nSPS) is 12.6. The highest BCUT2D eigenvalue weighted by Gasteiger charge is 2.15. The van der Waals surface area contributed by atoms with Crippen LogP contribution >= 0.6 is 11.6 Å². The first kappa shape index (κ1) is 13.9. The molecule has 0 saturated heterocycles. The third kappa shape index (κ3) is 3.08. The lowest BCUT2D eigenvalue weighted by molar-refractivity contribution is -0.145. The molecule has 1 heterocycles. The zero-order valence-corrected chi connectivity index (χ0v) is 11.8. The molecule has 0 aliphatic rings. The van der Waals surface area contributed by atoms with Crippen LogP contribution in [0.25, 0.3) is 10.9 Å². The van der Waals surface area contributed by atoms with E-state index in [1.54, 1.807) is 13.8 Å². The number of para-hydroxylation sites is 1. The standard InChI is InChI=1S/C14H17ClN2O2/c1-3-19-14(18)9(2)16-8-12-13(15)10-6-4-5-7-11(10)17-12/h4-7,9,16-17H,3,8H2,1-2H3. The van der Waals surface area contributed by atoms with Crippen molar-refractivity contribution in [3.8, 4) is 0 Å². The van der Waals surface area contributed by atoms with E-state index >= 15 is 0 Å². The number of hydrogen-bond donors (Lipinski definition) is 2. The molecule has 0 radical (unpaired) electrons. The van der Waals surface area contributed by atoms with Gasteiger partial charge in [0.15, 0.2) is 0 Å². The third-order valence-corrected chi connectivity index (χ3v) is 3.37. The van der Waals surface area contributed by atoms with Crippen molar-refractivity contribution in [2.24, 2.45) is 0 Å². The van der Waals surface area contributed by atoms with Gasteiger partial charge in [-0.1, -0.05) is 29.8 Å². The molecule has 5 heteroatoms. The molecule has 2 rings (SSSR count). The molecule has 0 bridgehead atoms. The summed E-state index contributed by atoms with van der Waals surface area (Å²) in [5.41, 5.74) is 1.87. The molecule has 1 aromatic heterocycles. The van der Waals surface area contributed by atoms with Crippen LogP contribution in [0.4, 0.5) is 0 Å². The zero-order valence-electron chi connectivity index (χ0n) is 11.0. The minimum atomic E-state index is -0.359. The Morgan fingerprint density at radius 3 is 2.89 bits per heavy atom. The van der Waals surface area contributed by atoms with Crippen molar-refractivity contribution in [3.63, 3.8) is 0 Å². The lowest BCUT2D eigenvalue weighted by Gasteiger charge is -2.11. The topological polar surface area (TPSA) is 54.1 Å². The van der Waals surface area contributed by atoms with Gasteiger partial charge >= 0.3 is 5.97 Å². The Morgan fingerprint density at radius 2 is 2.21 bits per heavy atom. The number of benzene rings is 1. The summed E-state index contributed by atoms with van der Waals surface area (Å²) in [5.74, 6) is -0.255. The Morgan fingerprint density at radius 1 is 1.47 bits per heavy atom. The van der Waals surface area contributed by atoms with Crippen molar-refractivity contribution in [1.82, 2.24) is 10.3 Å². The number of fused-ring (bicyclic) bond motifs is 1. The molecule has 19 heavy (non-hydrogen) atoms. The third-order valence-electron chi connectivity index (χ3n) is 2.94. The van der Waals surface area contributed by atoms with Crippen LogP contribution in [0.2, 0.25) is 5.02 Å². The fourth-order valence-corrected chi connectivity index (χ4v) is 2.17. The average Bonchev–Trinajstić information content (AvgIpc) is 2.73. The number of hydrogen-bond acceptors (Lipinski definition) is 3. The Labute approximate surface area is 117 Å². The number of carbonyl (C=O) groups excluding carboxylic acids is 1. The summed E-state index contributed by atoms with van der Waals surface area (Å²) in [6.07, 6.45) is 0. The molecule has 0 aliphatic carbocycles. The number of carbonyl (C=O) groups is 1. The maximum Gasteiger partial charge on any atom is 0.322 e. The predicted molar refractivity (Wildman–Crippen MR) is 76.2 cm³/mol. The first-order valence-corrected chi connectivity index (χ1v) is 6.66. The van der Waals surface area contributed by atoms with E-state index in [0.717, 1.165) is 16.6 Å². The van der Waals surface area contributed by atoms with E-state index in [2.05, 4.69) is 10.3 Å². The maximum absolute atomic E-state index is 11.5. The van der Waals surface area contributed by atoms with Crippen molar-refractivity contribution < 1.29 is 9.53 Å². The van der Waals surface area contributed by atoms with E-state index in [1.807, 2.05) is 24.3 Å². The molecule has 4 nitrogen and oxygen atoms in total. The van der Waals surface area contributed by atoms with Crippen molar-refractivity contribution in [2.45, 2.75) is 26.4 Å². The zero-order chi connectivity index (χ0) is 13.8. The Hall–Kier alpha value is -1.52. The largest absolute Gasteiger partial charge is 0.465 e. The number of esters is 1. The Bertz CT molecular complexity index is 580. The molecule has 1 unspecified atom stereocenters. The highest BCUT2D eigenvalue weighted by atomic mass is 35.5. The van der Waals surface area contributed by atoms with Gasteiger partial charge in [0.25, 0.3) is 0 Å². The minimum Gasteiger partial charge on any atom is -0.465 e. The summed E-state index contributed by atoms with van der Waals surface area (Å²) in [7, 11) is 0. The van der Waals surface area contributed by atoms with Gasteiger partial charge in [-0.15, -0.1) is 0 Å². The number of ether oxygens (including phenoxy) is 1. The van der Waals surface area contributed by atoms with E-state index in [0.29, 0.717) is 18.2 Å². The first-order chi connectivity index (χ1) is 9.13. The van der Waals surface area contributed by atoms with Crippen molar-refractivity contribution in [1.29, 1.82) is 0 Å². The van der Waals surface area contributed by atoms with Gasteiger partial charge in [-0.25, -0.2) is 0 Å². The quantitative estimate of drug-likeness (QED) is 0.828. The van der Waals surface area contributed by atoms with Gasteiger partial charge in [0.05, 0.1) is 11.6 Å². The Balaban J connectivity index is 2.06. The summed E-state index contributed by atoms with van der Waals surface area (Å²) in [6, 6.07) is 7.47. The number of rotatable bonds is 5. The van der Waals surface area contributed by atoms with Crippen molar-refractivity contribution >= 4 is 28.5 Å². The predicted octanol–water partition coefficient (Wildman–Crippen LogP) is 2.86. The molecule has 0 spiro atoms. The second kappa shape index (κ2) is 6.08. The summed E-state index contributed by atoms with van der Waals surface area (Å²) in [5, 5.41) is 4.78. The van der Waals surface area contributed by atoms with Crippen molar-refractivity contribution in [3.05, 3.63) is 35.0 Å². The van der Waals surface area contributed by atoms with Crippen LogP contribution in [0.1, 0.15) is 19.5 Å². The molecule has 0 amide bonds. The number of halogens is 1. The molecule has 2 N–H and O–H groups in total. The van der Waals surface area contributed by atoms with Crippen molar-refractivity contribution in [2.75, 3.05) is 6.61 Å². The summed E-state index contributed by atoms with van der Waals surface area (Å²) < 4.78 is 4.94. The van der Waals surface area contributed by atoms with E-state index in [-0.39, 0.29) is 12.0 Å². The molecule has 0 aliphatic heterocycles. The maximum atomic E-state index is 11.5. The van der Waals surface area contributed by atoms with Gasteiger partial charge < -0.3 is 9.72 Å². The number of nitrogens with one attached hydrogen (secondary N) is 2. The average molecular weight is 281 g/mol. The summed E-state index contributed by atoms with van der Waals surface area (Å²) in [6.45, 7) is 4.44. The fourth-order valence-electron chi connectivity index (χ4n) is 1.89. The van der Waals surface area contributed by atoms with Gasteiger partial charge in [0, 0.05) is 23.1 Å². The van der Waals surface area contributed by atoms with Crippen LogP contribution < -0.4 is 5.32 Å². The molecule has 1 aromatic carbocycles. The molecule has 2 aromatic rings. The smallest absolute Gasteiger partial charge is 0.322 e. The van der Waals surface area contributed by atoms with E-state index in [4.69, 9.17) is 16.3 Å². The fraction of sp³-hybridized carbons (Fsp3) is 0.357. The van der Waals surface area contributed by atoms with E-state index < -0.39 is 0 Å². The molecule has 1 atom stereocenters. The summed E-state index contributed by atoms with van der Waals surface area (Å²) in [4.78, 5) is 14.7. The second-order valence-corrected chi connectivity index (χ2v) is 4.70. The van der Waals surface area contributed by atoms with Crippen LogP contribution in [0.15, 0.2) is 24.3 Å². The minimum absolute atomic E-state index is 0.255. The molecule has 102 valence electrons. The van der Waals surface area contributed by atoms with Crippen LogP contribution in [-0.2, 0) is 16.1 Å². The van der Waals surface area contributed by atoms with Gasteiger partial charge in [0.2, 0.25) is 0 Å². The lowest BCUT2D eigenvalue weighted by atomic mass is 10.2. The number of aromatic nitrogens is 1. The van der Waals surface area contributed by atoms with E-state index in [1.165, 1.54) is 0 Å². The van der Waals surface area contributed by atoms with Gasteiger partial charge in [-0.3, -0.25) is 10.1 Å². The van der Waals surface area contributed by atoms with Gasteiger partial charge in [0.1, 0.15) is 6.04 Å². The Kier molecular flexibility index (Phi) is 4.45. The molecule has 0 saturated carbocycles. The van der Waals surface area contributed by atoms with Crippen LogP contribution in [0.3, 0.4) is 0 Å². The SMILES string of the molecule is CCOC(=O)C(C)NCc1[nH]c2ccccc2c1Cl. The molecule has 0 fully saturated rings. The first-order valence-electron chi connectivity index (χ1n) is 6.28. The molecular formula is C14H17ClN2O2. The monoisotopic (exact) mass is 280 g/mol. The van der Waals surface area contributed by atoms with E-state index in [9.17, 15) is 4.79 Å². The van der Waals surface area contributed by atoms with Crippen LogP contribution in [0, 0.1) is 0 Å². The second-order valence-electron chi connectivity index (χ2n) is 4.32. The number of H-pyrrole nitrogens is 1.